The molecule has 2 heterocycles. The predicted octanol–water partition coefficient (Wildman–Crippen LogP) is 2.66. The van der Waals surface area contributed by atoms with Crippen LogP contribution in [0.3, 0.4) is 0 Å². The van der Waals surface area contributed by atoms with E-state index in [4.69, 9.17) is 17.5 Å². The monoisotopic (exact) mass is 283 g/mol. The second kappa shape index (κ2) is 4.62. The van der Waals surface area contributed by atoms with E-state index in [2.05, 4.69) is 16.2 Å². The van der Waals surface area contributed by atoms with Crippen LogP contribution in [0.5, 0.6) is 0 Å². The number of hydrogen-bond acceptors (Lipinski definition) is 3. The average Bonchev–Trinajstić information content (AvgIpc) is 2.93. The highest BCUT2D eigenvalue weighted by Gasteiger charge is 2.09. The van der Waals surface area contributed by atoms with Crippen molar-refractivity contribution in [2.75, 3.05) is 0 Å². The molecule has 0 aliphatic heterocycles. The number of fused-ring (bicyclic) bond motifs is 1. The molecule has 0 saturated carbocycles. The van der Waals surface area contributed by atoms with Crippen molar-refractivity contribution in [3.8, 4) is 6.07 Å². The van der Waals surface area contributed by atoms with Crippen LogP contribution in [-0.2, 0) is 13.6 Å². The van der Waals surface area contributed by atoms with Gasteiger partial charge in [-0.25, -0.2) is 0 Å². The second-order valence-corrected chi connectivity index (χ2v) is 5.13. The van der Waals surface area contributed by atoms with Crippen LogP contribution < -0.4 is 0 Å². The largest absolute Gasteiger partial charge is 0.331 e. The maximum absolute atomic E-state index is 9.02. The fourth-order valence-corrected chi connectivity index (χ4v) is 2.52. The van der Waals surface area contributed by atoms with Gasteiger partial charge in [-0.3, -0.25) is 4.68 Å². The quantitative estimate of drug-likeness (QED) is 0.735. The highest BCUT2D eigenvalue weighted by Crippen LogP contribution is 2.18. The van der Waals surface area contributed by atoms with Crippen molar-refractivity contribution in [2.45, 2.75) is 13.5 Å². The Bertz CT molecular complexity index is 891. The van der Waals surface area contributed by atoms with Crippen LogP contribution in [0.25, 0.3) is 11.0 Å². The molecule has 0 amide bonds. The van der Waals surface area contributed by atoms with E-state index in [1.165, 1.54) is 0 Å². The van der Waals surface area contributed by atoms with Gasteiger partial charge in [-0.2, -0.15) is 10.4 Å². The molecule has 20 heavy (non-hydrogen) atoms. The highest BCUT2D eigenvalue weighted by atomic mass is 32.1. The Labute approximate surface area is 121 Å². The topological polar surface area (TPSA) is 62.3 Å². The summed E-state index contributed by atoms with van der Waals surface area (Å²) in [6.07, 6.45) is 1.85. The van der Waals surface area contributed by atoms with Crippen LogP contribution in [0.1, 0.15) is 16.8 Å². The summed E-state index contributed by atoms with van der Waals surface area (Å²) in [6, 6.07) is 7.68. The van der Waals surface area contributed by atoms with Gasteiger partial charge in [-0.05, 0) is 37.3 Å². The minimum Gasteiger partial charge on any atom is -0.331 e. The Morgan fingerprint density at radius 2 is 2.25 bits per heavy atom. The van der Waals surface area contributed by atoms with Gasteiger partial charge < -0.3 is 9.55 Å². The number of imidazole rings is 1. The standard InChI is InChI=1S/C14H13N5S/c1-9-11(7-16-18(9)2)8-19-13-5-10(6-15)3-4-12(13)17-14(19)20/h3-5,7H,8H2,1-2H3,(H,17,20). The summed E-state index contributed by atoms with van der Waals surface area (Å²) in [6.45, 7) is 2.68. The van der Waals surface area contributed by atoms with E-state index in [0.717, 1.165) is 22.3 Å². The molecule has 0 saturated heterocycles. The Hall–Kier alpha value is -2.39. The summed E-state index contributed by atoms with van der Waals surface area (Å²) in [5.41, 5.74) is 4.74. The highest BCUT2D eigenvalue weighted by molar-refractivity contribution is 7.71. The zero-order valence-electron chi connectivity index (χ0n) is 11.2. The SMILES string of the molecule is Cc1c(Cn2c(=S)[nH]c3ccc(C#N)cc32)cnn1C. The molecule has 0 unspecified atom stereocenters. The van der Waals surface area contributed by atoms with E-state index in [-0.39, 0.29) is 0 Å². The summed E-state index contributed by atoms with van der Waals surface area (Å²) in [7, 11) is 1.92. The van der Waals surface area contributed by atoms with Crippen LogP contribution in [0.15, 0.2) is 24.4 Å². The van der Waals surface area contributed by atoms with Crippen molar-refractivity contribution in [3.63, 3.8) is 0 Å². The average molecular weight is 283 g/mol. The molecule has 0 aliphatic carbocycles. The fraction of sp³-hybridized carbons (Fsp3) is 0.214. The molecule has 0 fully saturated rings. The third-order valence-electron chi connectivity index (χ3n) is 3.57. The lowest BCUT2D eigenvalue weighted by Crippen LogP contribution is -2.01. The molecular weight excluding hydrogens is 270 g/mol. The zero-order valence-corrected chi connectivity index (χ0v) is 12.0. The van der Waals surface area contributed by atoms with E-state index in [9.17, 15) is 0 Å². The fourth-order valence-electron chi connectivity index (χ4n) is 2.25. The van der Waals surface area contributed by atoms with E-state index in [0.29, 0.717) is 16.9 Å². The predicted molar refractivity (Wildman–Crippen MR) is 78.9 cm³/mol. The molecule has 0 atom stereocenters. The Morgan fingerprint density at radius 1 is 1.45 bits per heavy atom. The summed E-state index contributed by atoms with van der Waals surface area (Å²) in [5.74, 6) is 0. The maximum atomic E-state index is 9.02. The molecule has 100 valence electrons. The van der Waals surface area contributed by atoms with Crippen molar-refractivity contribution in [1.29, 1.82) is 5.26 Å². The minimum atomic E-state index is 0.628. The maximum Gasteiger partial charge on any atom is 0.178 e. The van der Waals surface area contributed by atoms with Crippen LogP contribution in [-0.4, -0.2) is 19.3 Å². The molecule has 1 aromatic carbocycles. The number of rotatable bonds is 2. The Balaban J connectivity index is 2.16. The van der Waals surface area contributed by atoms with Crippen molar-refractivity contribution in [1.82, 2.24) is 19.3 Å². The number of nitrogens with zero attached hydrogens (tertiary/aromatic N) is 4. The Morgan fingerprint density at radius 3 is 2.90 bits per heavy atom. The van der Waals surface area contributed by atoms with Crippen molar-refractivity contribution in [2.24, 2.45) is 7.05 Å². The second-order valence-electron chi connectivity index (χ2n) is 4.74. The van der Waals surface area contributed by atoms with Crippen LogP contribution in [0.2, 0.25) is 0 Å². The van der Waals surface area contributed by atoms with Gasteiger partial charge >= 0.3 is 0 Å². The number of hydrogen-bond donors (Lipinski definition) is 1. The van der Waals surface area contributed by atoms with E-state index in [1.807, 2.05) is 41.5 Å². The summed E-state index contributed by atoms with van der Waals surface area (Å²) in [5, 5.41) is 13.3. The lowest BCUT2D eigenvalue weighted by Gasteiger charge is -2.04. The zero-order chi connectivity index (χ0) is 14.3. The van der Waals surface area contributed by atoms with Crippen LogP contribution >= 0.6 is 12.2 Å². The molecule has 0 spiro atoms. The van der Waals surface area contributed by atoms with E-state index < -0.39 is 0 Å². The van der Waals surface area contributed by atoms with Gasteiger partial charge in [0.2, 0.25) is 0 Å². The van der Waals surface area contributed by atoms with Gasteiger partial charge in [-0.15, -0.1) is 0 Å². The number of H-pyrrole nitrogens is 1. The first-order valence-electron chi connectivity index (χ1n) is 6.20. The molecule has 3 aromatic rings. The van der Waals surface area contributed by atoms with Crippen molar-refractivity contribution in [3.05, 3.63) is 46.0 Å². The number of nitrogens with one attached hydrogen (secondary N) is 1. The van der Waals surface area contributed by atoms with Gasteiger partial charge in [0.1, 0.15) is 0 Å². The third kappa shape index (κ3) is 1.92. The molecule has 5 nitrogen and oxygen atoms in total. The summed E-state index contributed by atoms with van der Waals surface area (Å²) in [4.78, 5) is 3.17. The summed E-state index contributed by atoms with van der Waals surface area (Å²) < 4.78 is 4.49. The van der Waals surface area contributed by atoms with Crippen molar-refractivity contribution < 1.29 is 0 Å². The Kier molecular flexibility index (Phi) is 2.92. The molecule has 2 aromatic heterocycles. The van der Waals surface area contributed by atoms with Gasteiger partial charge in [-0.1, -0.05) is 0 Å². The van der Waals surface area contributed by atoms with Gasteiger partial charge in [0, 0.05) is 18.3 Å². The molecular formula is C14H13N5S. The smallest absolute Gasteiger partial charge is 0.178 e. The van der Waals surface area contributed by atoms with Gasteiger partial charge in [0.05, 0.1) is 35.4 Å². The third-order valence-corrected chi connectivity index (χ3v) is 3.89. The lowest BCUT2D eigenvalue weighted by atomic mass is 10.2. The molecule has 3 rings (SSSR count). The molecule has 0 radical (unpaired) electrons. The first-order valence-corrected chi connectivity index (χ1v) is 6.61. The number of aromatic amines is 1. The van der Waals surface area contributed by atoms with Gasteiger partial charge in [0.25, 0.3) is 0 Å². The number of benzene rings is 1. The molecule has 0 aliphatic rings. The van der Waals surface area contributed by atoms with E-state index >= 15 is 0 Å². The number of nitriles is 1. The first kappa shape index (κ1) is 12.6. The number of aryl methyl sites for hydroxylation is 1. The molecule has 1 N–H and O–H groups in total. The first-order chi connectivity index (χ1) is 9.60. The number of aromatic nitrogens is 4. The minimum absolute atomic E-state index is 0.628. The lowest BCUT2D eigenvalue weighted by molar-refractivity contribution is 0.732. The van der Waals surface area contributed by atoms with Crippen LogP contribution in [0.4, 0.5) is 0 Å². The molecule has 0 bridgehead atoms. The van der Waals surface area contributed by atoms with E-state index in [1.54, 1.807) is 6.07 Å². The van der Waals surface area contributed by atoms with Gasteiger partial charge in [0.15, 0.2) is 4.77 Å². The van der Waals surface area contributed by atoms with Crippen molar-refractivity contribution >= 4 is 23.3 Å². The normalized spacial score (nSPS) is 10.8. The van der Waals surface area contributed by atoms with Crippen LogP contribution in [0, 0.1) is 23.0 Å². The summed E-state index contributed by atoms with van der Waals surface area (Å²) >= 11 is 5.38. The molecule has 6 heteroatoms.